The average molecular weight is 302 g/mol. The fourth-order valence-electron chi connectivity index (χ4n) is 1.75. The van der Waals surface area contributed by atoms with Gasteiger partial charge in [-0.15, -0.1) is 0 Å². The molecule has 0 aromatic carbocycles. The molecule has 1 aliphatic heterocycles. The van der Waals surface area contributed by atoms with E-state index in [1.54, 1.807) is 12.4 Å². The molecule has 20 heavy (non-hydrogen) atoms. The van der Waals surface area contributed by atoms with Crippen LogP contribution in [0.15, 0.2) is 12.4 Å². The minimum Gasteiger partial charge on any atom is -0.378 e. The quantitative estimate of drug-likeness (QED) is 0.649. The van der Waals surface area contributed by atoms with E-state index in [9.17, 15) is 4.57 Å². The fraction of sp³-hybridized carbons (Fsp3) is 0.636. The van der Waals surface area contributed by atoms with Crippen LogP contribution in [0.1, 0.15) is 12.5 Å². The van der Waals surface area contributed by atoms with Crippen LogP contribution >= 0.6 is 7.60 Å². The number of morpholine rings is 1. The van der Waals surface area contributed by atoms with E-state index in [-0.39, 0.29) is 0 Å². The van der Waals surface area contributed by atoms with E-state index in [1.165, 1.54) is 6.92 Å². The summed E-state index contributed by atoms with van der Waals surface area (Å²) in [7, 11) is -4.10. The van der Waals surface area contributed by atoms with Crippen molar-refractivity contribution in [2.24, 2.45) is 0 Å². The topological polar surface area (TPSA) is 108 Å². The molecule has 1 aromatic rings. The van der Waals surface area contributed by atoms with Gasteiger partial charge in [-0.2, -0.15) is 0 Å². The fourth-order valence-corrected chi connectivity index (χ4v) is 2.08. The van der Waals surface area contributed by atoms with E-state index >= 15 is 0 Å². The number of nitrogens with zero attached hydrogens (tertiary/aromatic N) is 3. The molecule has 0 saturated carbocycles. The van der Waals surface area contributed by atoms with Gasteiger partial charge in [0.15, 0.2) is 0 Å². The minimum atomic E-state index is -4.10. The van der Waals surface area contributed by atoms with Crippen molar-refractivity contribution in [1.82, 2.24) is 15.3 Å². The number of hydrogen-bond donors (Lipinski definition) is 3. The maximum Gasteiger partial charge on any atom is 0.342 e. The first kappa shape index (κ1) is 15.3. The van der Waals surface area contributed by atoms with Gasteiger partial charge in [0.05, 0.1) is 13.2 Å². The number of ether oxygens (including phenoxy) is 1. The standard InChI is InChI=1S/C11H19N4O4P/c1-9(20(16,17)18)12-6-10-7-13-11(14-8-10)15-2-4-19-5-3-15/h7-9,12H,2-6H2,1H3,(H2,16,17,18). The summed E-state index contributed by atoms with van der Waals surface area (Å²) < 4.78 is 16.3. The van der Waals surface area contributed by atoms with Crippen molar-refractivity contribution in [2.45, 2.75) is 19.3 Å². The molecule has 1 aromatic heterocycles. The molecule has 112 valence electrons. The van der Waals surface area contributed by atoms with Gasteiger partial charge in [-0.3, -0.25) is 9.88 Å². The largest absolute Gasteiger partial charge is 0.378 e. The van der Waals surface area contributed by atoms with Crippen LogP contribution in [0.2, 0.25) is 0 Å². The third kappa shape index (κ3) is 4.22. The van der Waals surface area contributed by atoms with E-state index in [0.29, 0.717) is 25.7 Å². The molecular weight excluding hydrogens is 283 g/mol. The lowest BCUT2D eigenvalue weighted by atomic mass is 10.3. The van der Waals surface area contributed by atoms with E-state index in [2.05, 4.69) is 15.3 Å². The smallest absolute Gasteiger partial charge is 0.342 e. The maximum atomic E-state index is 11.0. The zero-order chi connectivity index (χ0) is 14.6. The number of hydrogen-bond acceptors (Lipinski definition) is 6. The van der Waals surface area contributed by atoms with Gasteiger partial charge in [0, 0.05) is 37.6 Å². The third-order valence-corrected chi connectivity index (χ3v) is 4.28. The Morgan fingerprint density at radius 2 is 2.00 bits per heavy atom. The van der Waals surface area contributed by atoms with Crippen molar-refractivity contribution >= 4 is 13.5 Å². The van der Waals surface area contributed by atoms with Gasteiger partial charge >= 0.3 is 7.60 Å². The van der Waals surface area contributed by atoms with Gasteiger partial charge in [-0.25, -0.2) is 9.97 Å². The zero-order valence-electron chi connectivity index (χ0n) is 11.3. The van der Waals surface area contributed by atoms with Crippen LogP contribution in [0, 0.1) is 0 Å². The van der Waals surface area contributed by atoms with Gasteiger partial charge in [0.2, 0.25) is 5.95 Å². The van der Waals surface area contributed by atoms with Crippen molar-refractivity contribution < 1.29 is 19.1 Å². The van der Waals surface area contributed by atoms with Crippen LogP contribution in [0.4, 0.5) is 5.95 Å². The molecule has 1 atom stereocenters. The summed E-state index contributed by atoms with van der Waals surface area (Å²) in [5, 5.41) is 2.76. The molecule has 1 aliphatic rings. The van der Waals surface area contributed by atoms with Crippen molar-refractivity contribution in [3.05, 3.63) is 18.0 Å². The van der Waals surface area contributed by atoms with Crippen molar-refractivity contribution in [3.63, 3.8) is 0 Å². The minimum absolute atomic E-state index is 0.315. The zero-order valence-corrected chi connectivity index (χ0v) is 12.2. The van der Waals surface area contributed by atoms with E-state index in [4.69, 9.17) is 14.5 Å². The number of nitrogens with one attached hydrogen (secondary N) is 1. The monoisotopic (exact) mass is 302 g/mol. The van der Waals surface area contributed by atoms with E-state index in [0.717, 1.165) is 18.7 Å². The summed E-state index contributed by atoms with van der Waals surface area (Å²) in [5.41, 5.74) is 0.780. The molecule has 8 nitrogen and oxygen atoms in total. The summed E-state index contributed by atoms with van der Waals surface area (Å²) in [5.74, 6) is -0.235. The van der Waals surface area contributed by atoms with Gasteiger partial charge in [-0.1, -0.05) is 0 Å². The lowest BCUT2D eigenvalue weighted by Gasteiger charge is -2.26. The predicted molar refractivity (Wildman–Crippen MR) is 73.4 cm³/mol. The molecule has 1 fully saturated rings. The van der Waals surface area contributed by atoms with Crippen LogP contribution in [-0.4, -0.2) is 51.8 Å². The van der Waals surface area contributed by atoms with Crippen molar-refractivity contribution in [2.75, 3.05) is 31.2 Å². The van der Waals surface area contributed by atoms with Gasteiger partial charge in [0.25, 0.3) is 0 Å². The Kier molecular flexibility index (Phi) is 5.06. The summed E-state index contributed by atoms with van der Waals surface area (Å²) in [6.07, 6.45) is 3.33. The van der Waals surface area contributed by atoms with Crippen LogP contribution in [0.5, 0.6) is 0 Å². The first-order chi connectivity index (χ1) is 9.47. The number of rotatable bonds is 5. The van der Waals surface area contributed by atoms with Gasteiger partial charge in [-0.05, 0) is 6.92 Å². The number of anilines is 1. The highest BCUT2D eigenvalue weighted by molar-refractivity contribution is 7.52. The lowest BCUT2D eigenvalue weighted by Crippen LogP contribution is -2.37. The second kappa shape index (κ2) is 6.60. The first-order valence-electron chi connectivity index (χ1n) is 6.39. The molecular formula is C11H19N4O4P. The molecule has 3 N–H and O–H groups in total. The Morgan fingerprint density at radius 3 is 2.55 bits per heavy atom. The normalized spacial score (nSPS) is 18.1. The molecule has 0 bridgehead atoms. The van der Waals surface area contributed by atoms with Crippen LogP contribution in [-0.2, 0) is 15.8 Å². The molecule has 0 spiro atoms. The Bertz CT molecular complexity index is 472. The summed E-state index contributed by atoms with van der Waals surface area (Å²) in [4.78, 5) is 28.5. The third-order valence-electron chi connectivity index (χ3n) is 3.09. The summed E-state index contributed by atoms with van der Waals surface area (Å²) in [6.45, 7) is 4.65. The molecule has 1 unspecified atom stereocenters. The second-order valence-electron chi connectivity index (χ2n) is 4.64. The molecule has 2 rings (SSSR count). The van der Waals surface area contributed by atoms with Crippen LogP contribution < -0.4 is 10.2 Å². The molecule has 0 amide bonds. The molecule has 1 saturated heterocycles. The highest BCUT2D eigenvalue weighted by Gasteiger charge is 2.23. The highest BCUT2D eigenvalue weighted by atomic mass is 31.2. The highest BCUT2D eigenvalue weighted by Crippen LogP contribution is 2.39. The second-order valence-corrected chi connectivity index (χ2v) is 6.59. The van der Waals surface area contributed by atoms with Crippen LogP contribution in [0.25, 0.3) is 0 Å². The maximum absolute atomic E-state index is 11.0. The Balaban J connectivity index is 1.89. The predicted octanol–water partition coefficient (Wildman–Crippen LogP) is -0.0735. The Morgan fingerprint density at radius 1 is 1.40 bits per heavy atom. The van der Waals surface area contributed by atoms with Crippen molar-refractivity contribution in [3.8, 4) is 0 Å². The Labute approximate surface area is 117 Å². The van der Waals surface area contributed by atoms with Gasteiger partial charge in [0.1, 0.15) is 5.78 Å². The molecule has 2 heterocycles. The number of aromatic nitrogens is 2. The lowest BCUT2D eigenvalue weighted by molar-refractivity contribution is 0.122. The molecule has 9 heteroatoms. The van der Waals surface area contributed by atoms with E-state index < -0.39 is 13.4 Å². The first-order valence-corrected chi connectivity index (χ1v) is 8.07. The SMILES string of the molecule is CC(NCc1cnc(N2CCOCC2)nc1)P(=O)(O)O. The summed E-state index contributed by atoms with van der Waals surface area (Å²) >= 11 is 0. The van der Waals surface area contributed by atoms with Crippen molar-refractivity contribution in [1.29, 1.82) is 0 Å². The summed E-state index contributed by atoms with van der Waals surface area (Å²) in [6, 6.07) is 0. The van der Waals surface area contributed by atoms with Gasteiger partial charge < -0.3 is 19.4 Å². The Hall–Kier alpha value is -1.05. The average Bonchev–Trinajstić information content (AvgIpc) is 2.45. The van der Waals surface area contributed by atoms with E-state index in [1.807, 2.05) is 4.90 Å². The molecule has 0 radical (unpaired) electrons. The molecule has 0 aliphatic carbocycles. The van der Waals surface area contributed by atoms with Crippen LogP contribution in [0.3, 0.4) is 0 Å².